The van der Waals surface area contributed by atoms with Crippen molar-refractivity contribution in [3.05, 3.63) is 51.8 Å². The highest BCUT2D eigenvalue weighted by molar-refractivity contribution is 6.05. The second-order valence-corrected chi connectivity index (χ2v) is 6.74. The molecular weight excluding hydrogens is 346 g/mol. The Kier molecular flexibility index (Phi) is 6.20. The second-order valence-electron chi connectivity index (χ2n) is 6.74. The molecule has 0 aliphatic carbocycles. The highest BCUT2D eigenvalue weighted by atomic mass is 16.6. The van der Waals surface area contributed by atoms with Crippen molar-refractivity contribution >= 4 is 17.5 Å². The summed E-state index contributed by atoms with van der Waals surface area (Å²) in [4.78, 5) is 39.3. The third-order valence-electron chi connectivity index (χ3n) is 4.40. The molecule has 6 nitrogen and oxygen atoms in total. The summed E-state index contributed by atoms with van der Waals surface area (Å²) < 4.78 is 10.7. The van der Waals surface area contributed by atoms with E-state index < -0.39 is 12.1 Å². The first-order chi connectivity index (χ1) is 12.6. The van der Waals surface area contributed by atoms with Crippen LogP contribution < -0.4 is 4.74 Å². The lowest BCUT2D eigenvalue weighted by Crippen LogP contribution is -2.28. The van der Waals surface area contributed by atoms with Crippen molar-refractivity contribution in [2.75, 3.05) is 6.61 Å². The van der Waals surface area contributed by atoms with Gasteiger partial charge in [-0.05, 0) is 64.3 Å². The number of rotatable bonds is 7. The van der Waals surface area contributed by atoms with Gasteiger partial charge >= 0.3 is 5.97 Å². The Morgan fingerprint density at radius 1 is 1.11 bits per heavy atom. The Labute approximate surface area is 158 Å². The molecule has 2 aromatic rings. The number of carbonyl (C=O) groups is 3. The fraction of sp³-hybridized carbons (Fsp3) is 0.381. The lowest BCUT2D eigenvalue weighted by Gasteiger charge is -2.14. The molecule has 144 valence electrons. The Hall–Kier alpha value is -2.89. The summed E-state index contributed by atoms with van der Waals surface area (Å²) in [5, 5.41) is 0. The Bertz CT molecular complexity index is 894. The minimum atomic E-state index is -0.990. The standard InChI is InChI=1S/C21H25NO5/c1-11-7-8-12(2)17(9-11)26-10-18(24)27-16(6)21(25)20-13(3)19(15(5)23)14(4)22-20/h7-9,16,22H,10H2,1-6H3/t16-/m0/s1. The van der Waals surface area contributed by atoms with Crippen molar-refractivity contribution in [1.29, 1.82) is 0 Å². The summed E-state index contributed by atoms with van der Waals surface area (Å²) in [6, 6.07) is 5.70. The number of aromatic amines is 1. The number of hydrogen-bond acceptors (Lipinski definition) is 5. The minimum Gasteiger partial charge on any atom is -0.482 e. The molecule has 1 heterocycles. The van der Waals surface area contributed by atoms with Crippen molar-refractivity contribution in [2.24, 2.45) is 0 Å². The molecule has 1 atom stereocenters. The van der Waals surface area contributed by atoms with Crippen LogP contribution in [0.5, 0.6) is 5.75 Å². The molecule has 0 aliphatic rings. The van der Waals surface area contributed by atoms with Crippen molar-refractivity contribution in [3.8, 4) is 5.75 Å². The van der Waals surface area contributed by atoms with Crippen LogP contribution >= 0.6 is 0 Å². The monoisotopic (exact) mass is 371 g/mol. The number of ether oxygens (including phenoxy) is 2. The van der Waals surface area contributed by atoms with Crippen LogP contribution in [0.4, 0.5) is 0 Å². The van der Waals surface area contributed by atoms with Gasteiger partial charge in [-0.3, -0.25) is 9.59 Å². The maximum atomic E-state index is 12.6. The number of benzene rings is 1. The van der Waals surface area contributed by atoms with Crippen molar-refractivity contribution < 1.29 is 23.9 Å². The predicted octanol–water partition coefficient (Wildman–Crippen LogP) is 3.64. The molecular formula is C21H25NO5. The molecule has 0 amide bonds. The lowest BCUT2D eigenvalue weighted by atomic mass is 10.0. The third-order valence-corrected chi connectivity index (χ3v) is 4.40. The topological polar surface area (TPSA) is 85.5 Å². The largest absolute Gasteiger partial charge is 0.482 e. The summed E-state index contributed by atoms with van der Waals surface area (Å²) in [5.74, 6) is -0.535. The van der Waals surface area contributed by atoms with Gasteiger partial charge in [0.05, 0.1) is 5.69 Å². The van der Waals surface area contributed by atoms with Gasteiger partial charge in [-0.15, -0.1) is 0 Å². The van der Waals surface area contributed by atoms with Crippen LogP contribution in [-0.2, 0) is 9.53 Å². The number of esters is 1. The molecule has 0 saturated heterocycles. The van der Waals surface area contributed by atoms with Crippen molar-refractivity contribution in [3.63, 3.8) is 0 Å². The molecule has 0 spiro atoms. The molecule has 27 heavy (non-hydrogen) atoms. The highest BCUT2D eigenvalue weighted by Crippen LogP contribution is 2.21. The third kappa shape index (κ3) is 4.64. The molecule has 1 N–H and O–H groups in total. The predicted molar refractivity (Wildman–Crippen MR) is 102 cm³/mol. The van der Waals surface area contributed by atoms with E-state index in [1.807, 2.05) is 32.0 Å². The van der Waals surface area contributed by atoms with Crippen LogP contribution in [0.3, 0.4) is 0 Å². The van der Waals surface area contributed by atoms with E-state index in [4.69, 9.17) is 9.47 Å². The first kappa shape index (κ1) is 20.4. The quantitative estimate of drug-likeness (QED) is 0.593. The van der Waals surface area contributed by atoms with Gasteiger partial charge in [0.2, 0.25) is 5.78 Å². The maximum Gasteiger partial charge on any atom is 0.344 e. The number of carbonyl (C=O) groups excluding carboxylic acids is 3. The molecule has 2 rings (SSSR count). The lowest BCUT2D eigenvalue weighted by molar-refractivity contribution is -0.148. The number of H-pyrrole nitrogens is 1. The van der Waals surface area contributed by atoms with Crippen LogP contribution in [0, 0.1) is 27.7 Å². The molecule has 0 saturated carbocycles. The van der Waals surface area contributed by atoms with Crippen LogP contribution in [0.25, 0.3) is 0 Å². The van der Waals surface area contributed by atoms with Gasteiger partial charge in [0.25, 0.3) is 0 Å². The van der Waals surface area contributed by atoms with Gasteiger partial charge < -0.3 is 14.5 Å². The average Bonchev–Trinajstić information content (AvgIpc) is 2.89. The molecule has 1 aromatic heterocycles. The molecule has 0 fully saturated rings. The van der Waals surface area contributed by atoms with E-state index in [0.29, 0.717) is 22.6 Å². The van der Waals surface area contributed by atoms with Gasteiger partial charge in [0.1, 0.15) is 5.75 Å². The fourth-order valence-corrected chi connectivity index (χ4v) is 3.01. The smallest absolute Gasteiger partial charge is 0.344 e. The van der Waals surface area contributed by atoms with E-state index in [9.17, 15) is 14.4 Å². The van der Waals surface area contributed by atoms with Gasteiger partial charge in [0.15, 0.2) is 18.5 Å². The maximum absolute atomic E-state index is 12.6. The Morgan fingerprint density at radius 3 is 2.37 bits per heavy atom. The summed E-state index contributed by atoms with van der Waals surface area (Å²) in [6.07, 6.45) is -0.990. The van der Waals surface area contributed by atoms with E-state index in [1.165, 1.54) is 13.8 Å². The van der Waals surface area contributed by atoms with Gasteiger partial charge in [-0.2, -0.15) is 0 Å². The van der Waals surface area contributed by atoms with Crippen LogP contribution in [-0.4, -0.2) is 35.2 Å². The summed E-state index contributed by atoms with van der Waals surface area (Å²) in [7, 11) is 0. The summed E-state index contributed by atoms with van der Waals surface area (Å²) in [5.41, 5.74) is 3.90. The average molecular weight is 371 g/mol. The Balaban J connectivity index is 2.02. The first-order valence-electron chi connectivity index (χ1n) is 8.75. The fourth-order valence-electron chi connectivity index (χ4n) is 3.01. The molecule has 1 aromatic carbocycles. The number of hydrogen-bond donors (Lipinski definition) is 1. The Morgan fingerprint density at radius 2 is 1.78 bits per heavy atom. The number of nitrogens with one attached hydrogen (secondary N) is 1. The van der Waals surface area contributed by atoms with E-state index in [0.717, 1.165) is 11.1 Å². The first-order valence-corrected chi connectivity index (χ1v) is 8.75. The molecule has 0 radical (unpaired) electrons. The van der Waals surface area contributed by atoms with E-state index in [-0.39, 0.29) is 23.9 Å². The molecule has 0 aliphatic heterocycles. The molecule has 0 bridgehead atoms. The number of Topliss-reactive ketones (excluding diaryl/α,β-unsaturated/α-hetero) is 2. The van der Waals surface area contributed by atoms with E-state index >= 15 is 0 Å². The van der Waals surface area contributed by atoms with E-state index in [1.54, 1.807) is 13.8 Å². The number of ketones is 2. The summed E-state index contributed by atoms with van der Waals surface area (Å²) in [6.45, 7) is 9.91. The second kappa shape index (κ2) is 8.20. The SMILES string of the molecule is CC(=O)c1c(C)[nH]c(C(=O)[C@H](C)OC(=O)COc2cc(C)ccc2C)c1C. The normalized spacial score (nSPS) is 11.8. The van der Waals surface area contributed by atoms with Crippen molar-refractivity contribution in [2.45, 2.75) is 47.6 Å². The van der Waals surface area contributed by atoms with Crippen molar-refractivity contribution in [1.82, 2.24) is 4.98 Å². The van der Waals surface area contributed by atoms with Crippen LogP contribution in [0.2, 0.25) is 0 Å². The van der Waals surface area contributed by atoms with Gasteiger partial charge in [-0.25, -0.2) is 4.79 Å². The zero-order valence-corrected chi connectivity index (χ0v) is 16.6. The van der Waals surface area contributed by atoms with Gasteiger partial charge in [-0.1, -0.05) is 12.1 Å². The van der Waals surface area contributed by atoms with Gasteiger partial charge in [0, 0.05) is 11.3 Å². The minimum absolute atomic E-state index is 0.119. The highest BCUT2D eigenvalue weighted by Gasteiger charge is 2.26. The molecule has 6 heteroatoms. The van der Waals surface area contributed by atoms with Crippen LogP contribution in [0.1, 0.15) is 57.1 Å². The zero-order valence-electron chi connectivity index (χ0n) is 16.6. The number of aromatic nitrogens is 1. The number of aryl methyl sites for hydroxylation is 3. The van der Waals surface area contributed by atoms with E-state index in [2.05, 4.69) is 4.98 Å². The molecule has 0 unspecified atom stereocenters. The summed E-state index contributed by atoms with van der Waals surface area (Å²) >= 11 is 0. The zero-order chi connectivity index (χ0) is 20.3. The van der Waals surface area contributed by atoms with Crippen LogP contribution in [0.15, 0.2) is 18.2 Å².